The summed E-state index contributed by atoms with van der Waals surface area (Å²) in [6.45, 7) is 5.81. The minimum Gasteiger partial charge on any atom is -0.462 e. The molecular weight excluding hydrogens is 270 g/mol. The molecule has 4 heteroatoms. The number of hydrogen-bond donors (Lipinski definition) is 0. The molecule has 0 spiro atoms. The second-order valence-corrected chi connectivity index (χ2v) is 5.79. The van der Waals surface area contributed by atoms with E-state index >= 15 is 0 Å². The van der Waals surface area contributed by atoms with Gasteiger partial charge in [0.05, 0.1) is 17.4 Å². The van der Waals surface area contributed by atoms with Gasteiger partial charge in [-0.05, 0) is 38.0 Å². The molecule has 1 heterocycles. The molecule has 0 radical (unpaired) electrons. The zero-order chi connectivity index (χ0) is 14.5. The number of aryl methyl sites for hydroxylation is 1. The fourth-order valence-corrected chi connectivity index (χ4v) is 2.82. The summed E-state index contributed by atoms with van der Waals surface area (Å²) in [6.07, 6.45) is 0.831. The van der Waals surface area contributed by atoms with Gasteiger partial charge in [0, 0.05) is 5.39 Å². The summed E-state index contributed by atoms with van der Waals surface area (Å²) in [5.41, 5.74) is 2.13. The van der Waals surface area contributed by atoms with Crippen LogP contribution in [0.15, 0.2) is 35.4 Å². The number of carbonyl (C=O) groups excluding carboxylic acids is 1. The standard InChI is InChI=1S/C16H19NO2S/c1-4-12-9-13-7-5-6-8-14(13)17-16(12)20-10-15(18)19-11(2)3/h5-9,11H,4,10H2,1-3H3. The number of pyridine rings is 1. The minimum absolute atomic E-state index is 0.0710. The van der Waals surface area contributed by atoms with Crippen molar-refractivity contribution in [2.75, 3.05) is 5.75 Å². The predicted molar refractivity (Wildman–Crippen MR) is 83.1 cm³/mol. The Labute approximate surface area is 123 Å². The van der Waals surface area contributed by atoms with Gasteiger partial charge in [0.2, 0.25) is 0 Å². The van der Waals surface area contributed by atoms with Crippen LogP contribution in [-0.4, -0.2) is 22.8 Å². The smallest absolute Gasteiger partial charge is 0.316 e. The minimum atomic E-state index is -0.193. The Kier molecular flexibility index (Phi) is 5.01. The molecule has 0 atom stereocenters. The number of rotatable bonds is 5. The fourth-order valence-electron chi connectivity index (χ4n) is 1.94. The number of carbonyl (C=O) groups is 1. The van der Waals surface area contributed by atoms with Gasteiger partial charge in [-0.3, -0.25) is 4.79 Å². The molecule has 2 rings (SSSR count). The molecule has 0 aliphatic rings. The molecule has 0 aliphatic heterocycles. The van der Waals surface area contributed by atoms with Crippen LogP contribution in [0.1, 0.15) is 26.3 Å². The van der Waals surface area contributed by atoms with E-state index in [9.17, 15) is 4.79 Å². The Bertz CT molecular complexity index is 610. The summed E-state index contributed by atoms with van der Waals surface area (Å²) < 4.78 is 5.15. The SMILES string of the molecule is CCc1cc2ccccc2nc1SCC(=O)OC(C)C. The summed E-state index contributed by atoms with van der Waals surface area (Å²) in [5.74, 6) is 0.110. The van der Waals surface area contributed by atoms with E-state index in [0.717, 1.165) is 22.3 Å². The number of fused-ring (bicyclic) bond motifs is 1. The highest BCUT2D eigenvalue weighted by molar-refractivity contribution is 7.99. The maximum Gasteiger partial charge on any atom is 0.316 e. The van der Waals surface area contributed by atoms with E-state index in [1.807, 2.05) is 32.0 Å². The third-order valence-electron chi connectivity index (χ3n) is 2.84. The van der Waals surface area contributed by atoms with E-state index in [2.05, 4.69) is 24.0 Å². The van der Waals surface area contributed by atoms with Crippen LogP contribution >= 0.6 is 11.8 Å². The quantitative estimate of drug-likeness (QED) is 0.619. The summed E-state index contributed by atoms with van der Waals surface area (Å²) in [4.78, 5) is 16.3. The van der Waals surface area contributed by atoms with Crippen molar-refractivity contribution in [1.82, 2.24) is 4.98 Å². The van der Waals surface area contributed by atoms with Crippen LogP contribution in [0.5, 0.6) is 0 Å². The first kappa shape index (κ1) is 14.9. The van der Waals surface area contributed by atoms with Gasteiger partial charge in [-0.15, -0.1) is 0 Å². The molecule has 0 saturated heterocycles. The van der Waals surface area contributed by atoms with Gasteiger partial charge in [-0.25, -0.2) is 4.98 Å². The van der Waals surface area contributed by atoms with Crippen molar-refractivity contribution in [3.8, 4) is 0 Å². The van der Waals surface area contributed by atoms with Gasteiger partial charge >= 0.3 is 5.97 Å². The van der Waals surface area contributed by atoms with Crippen molar-refractivity contribution in [2.45, 2.75) is 38.3 Å². The number of aromatic nitrogens is 1. The van der Waals surface area contributed by atoms with Crippen LogP contribution in [0, 0.1) is 0 Å². The van der Waals surface area contributed by atoms with Gasteiger partial charge in [0.15, 0.2) is 0 Å². The van der Waals surface area contributed by atoms with Gasteiger partial charge in [-0.2, -0.15) is 0 Å². The Hall–Kier alpha value is -1.55. The summed E-state index contributed by atoms with van der Waals surface area (Å²) in [7, 11) is 0. The van der Waals surface area contributed by atoms with Crippen molar-refractivity contribution in [3.63, 3.8) is 0 Å². The summed E-state index contributed by atoms with van der Waals surface area (Å²) >= 11 is 1.45. The van der Waals surface area contributed by atoms with E-state index in [-0.39, 0.29) is 12.1 Å². The van der Waals surface area contributed by atoms with Crippen LogP contribution < -0.4 is 0 Å². The lowest BCUT2D eigenvalue weighted by molar-refractivity contribution is -0.144. The summed E-state index contributed by atoms with van der Waals surface area (Å²) in [5, 5.41) is 2.06. The zero-order valence-electron chi connectivity index (χ0n) is 12.1. The molecule has 106 valence electrons. The molecular formula is C16H19NO2S. The Balaban J connectivity index is 2.18. The molecule has 1 aromatic heterocycles. The zero-order valence-corrected chi connectivity index (χ0v) is 12.9. The monoisotopic (exact) mass is 289 g/mol. The van der Waals surface area contributed by atoms with Crippen molar-refractivity contribution < 1.29 is 9.53 Å². The number of esters is 1. The maximum atomic E-state index is 11.6. The number of hydrogen-bond acceptors (Lipinski definition) is 4. The third kappa shape index (κ3) is 3.73. The Morgan fingerprint density at radius 1 is 1.35 bits per heavy atom. The highest BCUT2D eigenvalue weighted by atomic mass is 32.2. The Morgan fingerprint density at radius 2 is 2.10 bits per heavy atom. The number of benzene rings is 1. The first-order valence-electron chi connectivity index (χ1n) is 6.81. The molecule has 0 N–H and O–H groups in total. The molecule has 3 nitrogen and oxygen atoms in total. The number of ether oxygens (including phenoxy) is 1. The largest absolute Gasteiger partial charge is 0.462 e. The maximum absolute atomic E-state index is 11.6. The highest BCUT2D eigenvalue weighted by Crippen LogP contribution is 2.25. The molecule has 2 aromatic rings. The van der Waals surface area contributed by atoms with Crippen LogP contribution in [0.4, 0.5) is 0 Å². The number of para-hydroxylation sites is 1. The van der Waals surface area contributed by atoms with Gasteiger partial charge in [-0.1, -0.05) is 36.9 Å². The first-order valence-corrected chi connectivity index (χ1v) is 7.79. The van der Waals surface area contributed by atoms with E-state index in [1.165, 1.54) is 17.3 Å². The van der Waals surface area contributed by atoms with E-state index in [1.54, 1.807) is 0 Å². The average molecular weight is 289 g/mol. The molecule has 0 saturated carbocycles. The average Bonchev–Trinajstić information content (AvgIpc) is 2.43. The van der Waals surface area contributed by atoms with E-state index in [0.29, 0.717) is 5.75 Å². The third-order valence-corrected chi connectivity index (χ3v) is 3.84. The molecule has 0 fully saturated rings. The molecule has 0 aliphatic carbocycles. The van der Waals surface area contributed by atoms with Crippen LogP contribution in [0.25, 0.3) is 10.9 Å². The van der Waals surface area contributed by atoms with Crippen molar-refractivity contribution in [3.05, 3.63) is 35.9 Å². The van der Waals surface area contributed by atoms with Crippen molar-refractivity contribution in [2.24, 2.45) is 0 Å². The second-order valence-electron chi connectivity index (χ2n) is 4.83. The molecule has 1 aromatic carbocycles. The lowest BCUT2D eigenvalue weighted by Crippen LogP contribution is -2.13. The fraction of sp³-hybridized carbons (Fsp3) is 0.375. The summed E-state index contributed by atoms with van der Waals surface area (Å²) in [6, 6.07) is 10.2. The number of thioether (sulfide) groups is 1. The lowest BCUT2D eigenvalue weighted by Gasteiger charge is -2.10. The van der Waals surface area contributed by atoms with Crippen LogP contribution in [0.3, 0.4) is 0 Å². The van der Waals surface area contributed by atoms with Gasteiger partial charge in [0.1, 0.15) is 5.03 Å². The van der Waals surface area contributed by atoms with E-state index < -0.39 is 0 Å². The normalized spacial score (nSPS) is 11.0. The highest BCUT2D eigenvalue weighted by Gasteiger charge is 2.11. The molecule has 0 bridgehead atoms. The number of nitrogens with zero attached hydrogens (tertiary/aromatic N) is 1. The lowest BCUT2D eigenvalue weighted by atomic mass is 10.1. The van der Waals surface area contributed by atoms with Crippen molar-refractivity contribution in [1.29, 1.82) is 0 Å². The molecule has 0 unspecified atom stereocenters. The molecule has 20 heavy (non-hydrogen) atoms. The molecule has 0 amide bonds. The van der Waals surface area contributed by atoms with E-state index in [4.69, 9.17) is 4.74 Å². The predicted octanol–water partition coefficient (Wildman–Crippen LogP) is 3.84. The Morgan fingerprint density at radius 3 is 2.80 bits per heavy atom. The van der Waals surface area contributed by atoms with Gasteiger partial charge in [0.25, 0.3) is 0 Å². The first-order chi connectivity index (χ1) is 9.60. The van der Waals surface area contributed by atoms with Gasteiger partial charge < -0.3 is 4.74 Å². The second kappa shape index (κ2) is 6.75. The van der Waals surface area contributed by atoms with Crippen molar-refractivity contribution >= 4 is 28.6 Å². The topological polar surface area (TPSA) is 39.2 Å². The van der Waals surface area contributed by atoms with Crippen LogP contribution in [-0.2, 0) is 16.0 Å². The van der Waals surface area contributed by atoms with Crippen LogP contribution in [0.2, 0.25) is 0 Å².